The van der Waals surface area contributed by atoms with Crippen LogP contribution in [0.25, 0.3) is 0 Å². The first-order valence-corrected chi connectivity index (χ1v) is 6.31. The summed E-state index contributed by atoms with van der Waals surface area (Å²) >= 11 is 0. The van der Waals surface area contributed by atoms with Gasteiger partial charge in [0.25, 0.3) is 0 Å². The molecule has 3 nitrogen and oxygen atoms in total. The minimum atomic E-state index is -4.31. The smallest absolute Gasteiger partial charge is 0.306 e. The van der Waals surface area contributed by atoms with Crippen molar-refractivity contribution in [1.29, 1.82) is 0 Å². The number of alkyl halides is 3. The van der Waals surface area contributed by atoms with Crippen LogP contribution in [0.15, 0.2) is 36.7 Å². The van der Waals surface area contributed by atoms with Gasteiger partial charge in [0, 0.05) is 18.8 Å². The van der Waals surface area contributed by atoms with Crippen molar-refractivity contribution in [2.75, 3.05) is 6.54 Å². The molecule has 0 fully saturated rings. The van der Waals surface area contributed by atoms with E-state index in [1.165, 1.54) is 12.1 Å². The molecule has 2 rings (SSSR count). The van der Waals surface area contributed by atoms with Crippen LogP contribution >= 0.6 is 0 Å². The Hall–Kier alpha value is -1.82. The van der Waals surface area contributed by atoms with Crippen LogP contribution in [0, 0.1) is 0 Å². The first-order valence-electron chi connectivity index (χ1n) is 6.31. The summed E-state index contributed by atoms with van der Waals surface area (Å²) in [4.78, 5) is 0. The lowest BCUT2D eigenvalue weighted by Gasteiger charge is -2.17. The fourth-order valence-corrected chi connectivity index (χ4v) is 2.09. The maximum Gasteiger partial charge on any atom is 0.416 e. The second-order valence-electron chi connectivity index (χ2n) is 4.56. The Morgan fingerprint density at radius 2 is 1.85 bits per heavy atom. The third kappa shape index (κ3) is 3.19. The zero-order valence-corrected chi connectivity index (χ0v) is 11.3. The van der Waals surface area contributed by atoms with Gasteiger partial charge in [0.1, 0.15) is 0 Å². The quantitative estimate of drug-likeness (QED) is 0.934. The van der Waals surface area contributed by atoms with Gasteiger partial charge in [0.15, 0.2) is 0 Å². The van der Waals surface area contributed by atoms with Crippen LogP contribution in [-0.2, 0) is 13.2 Å². The van der Waals surface area contributed by atoms with Crippen LogP contribution in [0.4, 0.5) is 13.2 Å². The summed E-state index contributed by atoms with van der Waals surface area (Å²) in [5, 5.41) is 7.35. The molecular formula is C14H16F3N3. The van der Waals surface area contributed by atoms with Crippen molar-refractivity contribution in [3.05, 3.63) is 53.3 Å². The summed E-state index contributed by atoms with van der Waals surface area (Å²) in [6.07, 6.45) is -0.740. The zero-order valence-electron chi connectivity index (χ0n) is 11.3. The van der Waals surface area contributed by atoms with E-state index in [0.29, 0.717) is 6.54 Å². The standard InChI is InChI=1S/C14H16F3N3/c1-3-18-13(11-8-19-20(2)9-11)10-4-6-12(7-5-10)14(15,16)17/h4-9,13,18H,3H2,1-2H3. The molecule has 0 aliphatic heterocycles. The molecule has 6 heteroatoms. The number of benzene rings is 1. The molecule has 0 radical (unpaired) electrons. The fraction of sp³-hybridized carbons (Fsp3) is 0.357. The molecule has 0 amide bonds. The summed E-state index contributed by atoms with van der Waals surface area (Å²) in [6, 6.07) is 5.06. The largest absolute Gasteiger partial charge is 0.416 e. The Balaban J connectivity index is 2.30. The summed E-state index contributed by atoms with van der Waals surface area (Å²) in [7, 11) is 1.80. The van der Waals surface area contributed by atoms with Gasteiger partial charge in [-0.05, 0) is 24.2 Å². The first kappa shape index (κ1) is 14.6. The zero-order chi connectivity index (χ0) is 14.8. The monoisotopic (exact) mass is 283 g/mol. The van der Waals surface area contributed by atoms with E-state index >= 15 is 0 Å². The highest BCUT2D eigenvalue weighted by atomic mass is 19.4. The van der Waals surface area contributed by atoms with Crippen LogP contribution in [-0.4, -0.2) is 16.3 Å². The van der Waals surface area contributed by atoms with Crippen molar-refractivity contribution in [1.82, 2.24) is 15.1 Å². The third-order valence-corrected chi connectivity index (χ3v) is 3.04. The van der Waals surface area contributed by atoms with E-state index < -0.39 is 11.7 Å². The molecule has 1 unspecified atom stereocenters. The van der Waals surface area contributed by atoms with Gasteiger partial charge in [0.05, 0.1) is 17.8 Å². The molecular weight excluding hydrogens is 267 g/mol. The van der Waals surface area contributed by atoms with Crippen molar-refractivity contribution in [2.45, 2.75) is 19.1 Å². The second kappa shape index (κ2) is 5.66. The van der Waals surface area contributed by atoms with E-state index in [9.17, 15) is 13.2 Å². The molecule has 0 bridgehead atoms. The van der Waals surface area contributed by atoms with Gasteiger partial charge >= 0.3 is 6.18 Å². The van der Waals surface area contributed by atoms with E-state index in [4.69, 9.17) is 0 Å². The molecule has 0 spiro atoms. The predicted octanol–water partition coefficient (Wildman–Crippen LogP) is 3.14. The van der Waals surface area contributed by atoms with E-state index in [1.807, 2.05) is 13.1 Å². The molecule has 1 atom stereocenters. The predicted molar refractivity (Wildman–Crippen MR) is 70.2 cm³/mol. The average molecular weight is 283 g/mol. The number of hydrogen-bond donors (Lipinski definition) is 1. The molecule has 0 saturated heterocycles. The summed E-state index contributed by atoms with van der Waals surface area (Å²) < 4.78 is 39.4. The number of nitrogens with zero attached hydrogens (tertiary/aromatic N) is 2. The van der Waals surface area contributed by atoms with Gasteiger partial charge in [0.2, 0.25) is 0 Å². The molecule has 108 valence electrons. The van der Waals surface area contributed by atoms with Gasteiger partial charge in [-0.25, -0.2) is 0 Å². The highest BCUT2D eigenvalue weighted by molar-refractivity contribution is 5.32. The minimum Gasteiger partial charge on any atom is -0.306 e. The molecule has 1 aromatic heterocycles. The van der Waals surface area contributed by atoms with Crippen molar-refractivity contribution in [2.24, 2.45) is 7.05 Å². The molecule has 1 aromatic carbocycles. The Kier molecular flexibility index (Phi) is 4.13. The number of halogens is 3. The first-order chi connectivity index (χ1) is 9.41. The van der Waals surface area contributed by atoms with Crippen LogP contribution in [0.1, 0.15) is 29.7 Å². The van der Waals surface area contributed by atoms with Crippen molar-refractivity contribution >= 4 is 0 Å². The maximum atomic E-state index is 12.6. The van der Waals surface area contributed by atoms with Crippen LogP contribution in [0.5, 0.6) is 0 Å². The SMILES string of the molecule is CCNC(c1ccc(C(F)(F)F)cc1)c1cnn(C)c1. The molecule has 0 aliphatic carbocycles. The van der Waals surface area contributed by atoms with Crippen LogP contribution in [0.2, 0.25) is 0 Å². The topological polar surface area (TPSA) is 29.9 Å². The van der Waals surface area contributed by atoms with Crippen LogP contribution in [0.3, 0.4) is 0 Å². The Morgan fingerprint density at radius 3 is 2.30 bits per heavy atom. The van der Waals surface area contributed by atoms with E-state index in [0.717, 1.165) is 23.3 Å². The highest BCUT2D eigenvalue weighted by Crippen LogP contribution is 2.30. The summed E-state index contributed by atoms with van der Waals surface area (Å²) in [5.74, 6) is 0. The van der Waals surface area contributed by atoms with Gasteiger partial charge < -0.3 is 5.32 Å². The number of hydrogen-bond acceptors (Lipinski definition) is 2. The maximum absolute atomic E-state index is 12.6. The molecule has 1 heterocycles. The number of nitrogens with one attached hydrogen (secondary N) is 1. The summed E-state index contributed by atoms with van der Waals surface area (Å²) in [5.41, 5.74) is 1.07. The van der Waals surface area contributed by atoms with E-state index in [1.54, 1.807) is 17.9 Å². The average Bonchev–Trinajstić information content (AvgIpc) is 2.81. The van der Waals surface area contributed by atoms with Gasteiger partial charge in [-0.15, -0.1) is 0 Å². The second-order valence-corrected chi connectivity index (χ2v) is 4.56. The van der Waals surface area contributed by atoms with E-state index in [-0.39, 0.29) is 6.04 Å². The van der Waals surface area contributed by atoms with Crippen molar-refractivity contribution in [3.63, 3.8) is 0 Å². The Labute approximate surface area is 115 Å². The van der Waals surface area contributed by atoms with Crippen LogP contribution < -0.4 is 5.32 Å². The van der Waals surface area contributed by atoms with Gasteiger partial charge in [-0.3, -0.25) is 4.68 Å². The lowest BCUT2D eigenvalue weighted by molar-refractivity contribution is -0.137. The number of aromatic nitrogens is 2. The minimum absolute atomic E-state index is 0.156. The Morgan fingerprint density at radius 1 is 1.20 bits per heavy atom. The van der Waals surface area contributed by atoms with Gasteiger partial charge in [-0.1, -0.05) is 19.1 Å². The number of rotatable bonds is 4. The Bertz CT molecular complexity index is 558. The van der Waals surface area contributed by atoms with Gasteiger partial charge in [-0.2, -0.15) is 18.3 Å². The molecule has 0 saturated carbocycles. The molecule has 1 N–H and O–H groups in total. The van der Waals surface area contributed by atoms with Crippen molar-refractivity contribution < 1.29 is 13.2 Å². The number of aryl methyl sites for hydroxylation is 1. The third-order valence-electron chi connectivity index (χ3n) is 3.04. The lowest BCUT2D eigenvalue weighted by atomic mass is 10.00. The molecule has 0 aliphatic rings. The normalized spacial score (nSPS) is 13.4. The fourth-order valence-electron chi connectivity index (χ4n) is 2.09. The molecule has 2 aromatic rings. The lowest BCUT2D eigenvalue weighted by Crippen LogP contribution is -2.21. The highest BCUT2D eigenvalue weighted by Gasteiger charge is 2.30. The van der Waals surface area contributed by atoms with Crippen molar-refractivity contribution in [3.8, 4) is 0 Å². The van der Waals surface area contributed by atoms with E-state index in [2.05, 4.69) is 10.4 Å². The molecule has 20 heavy (non-hydrogen) atoms. The summed E-state index contributed by atoms with van der Waals surface area (Å²) in [6.45, 7) is 2.66.